The molecule has 2 rings (SSSR count). The second-order valence-electron chi connectivity index (χ2n) is 5.57. The maximum absolute atomic E-state index is 12.9. The molecule has 0 aliphatic heterocycles. The Bertz CT molecular complexity index is 417. The Balaban J connectivity index is 2.16. The number of halogens is 1. The van der Waals surface area contributed by atoms with E-state index in [2.05, 4.69) is 6.92 Å². The third-order valence-corrected chi connectivity index (χ3v) is 4.14. The Labute approximate surface area is 107 Å². The second kappa shape index (κ2) is 5.09. The summed E-state index contributed by atoms with van der Waals surface area (Å²) >= 11 is 0. The van der Waals surface area contributed by atoms with Gasteiger partial charge in [-0.1, -0.05) is 19.1 Å². The Kier molecular flexibility index (Phi) is 3.69. The summed E-state index contributed by atoms with van der Waals surface area (Å²) in [6.45, 7) is 2.17. The van der Waals surface area contributed by atoms with Crippen LogP contribution in [0.5, 0.6) is 0 Å². The first-order valence-electron chi connectivity index (χ1n) is 6.50. The Hall–Kier alpha value is -1.38. The molecule has 0 amide bonds. The molecule has 98 valence electrons. The Morgan fingerprint density at radius 3 is 2.39 bits per heavy atom. The predicted octanol–water partition coefficient (Wildman–Crippen LogP) is 3.65. The molecule has 1 aromatic carbocycles. The van der Waals surface area contributed by atoms with Crippen molar-refractivity contribution in [1.82, 2.24) is 0 Å². The molecule has 1 fully saturated rings. The van der Waals surface area contributed by atoms with Crippen molar-refractivity contribution in [2.24, 2.45) is 11.3 Å². The molecule has 1 aromatic rings. The molecule has 0 aromatic heterocycles. The van der Waals surface area contributed by atoms with Gasteiger partial charge < -0.3 is 5.11 Å². The van der Waals surface area contributed by atoms with E-state index < -0.39 is 11.4 Å². The molecule has 0 radical (unpaired) electrons. The van der Waals surface area contributed by atoms with Crippen LogP contribution in [0.3, 0.4) is 0 Å². The molecule has 1 saturated carbocycles. The van der Waals surface area contributed by atoms with E-state index in [1.807, 2.05) is 0 Å². The van der Waals surface area contributed by atoms with Gasteiger partial charge in [0.25, 0.3) is 0 Å². The molecule has 0 atom stereocenters. The van der Waals surface area contributed by atoms with Gasteiger partial charge >= 0.3 is 5.97 Å². The smallest absolute Gasteiger partial charge is 0.309 e. The number of carbonyl (C=O) groups is 1. The molecule has 0 spiro atoms. The number of carboxylic acids is 1. The molecule has 18 heavy (non-hydrogen) atoms. The molecule has 1 aliphatic rings. The fourth-order valence-electron chi connectivity index (χ4n) is 2.77. The van der Waals surface area contributed by atoms with Gasteiger partial charge in [0.2, 0.25) is 0 Å². The SMILES string of the molecule is CC1CCC(Cc2ccc(F)cc2)(C(=O)O)CC1. The van der Waals surface area contributed by atoms with Gasteiger partial charge in [-0.2, -0.15) is 0 Å². The van der Waals surface area contributed by atoms with Gasteiger partial charge in [-0.15, -0.1) is 0 Å². The summed E-state index contributed by atoms with van der Waals surface area (Å²) in [6.07, 6.45) is 3.89. The number of carboxylic acid groups (broad SMARTS) is 1. The maximum atomic E-state index is 12.9. The number of hydrogen-bond acceptors (Lipinski definition) is 1. The van der Waals surface area contributed by atoms with Gasteiger partial charge in [-0.25, -0.2) is 4.39 Å². The molecular formula is C15H19FO2. The van der Waals surface area contributed by atoms with Gasteiger partial charge in [0.15, 0.2) is 0 Å². The Morgan fingerprint density at radius 1 is 1.33 bits per heavy atom. The highest BCUT2D eigenvalue weighted by Crippen LogP contribution is 2.41. The van der Waals surface area contributed by atoms with E-state index in [1.54, 1.807) is 12.1 Å². The third-order valence-electron chi connectivity index (χ3n) is 4.14. The van der Waals surface area contributed by atoms with Gasteiger partial charge in [0.1, 0.15) is 5.82 Å². The first-order valence-corrected chi connectivity index (χ1v) is 6.50. The van der Waals surface area contributed by atoms with Crippen LogP contribution in [0, 0.1) is 17.2 Å². The zero-order valence-electron chi connectivity index (χ0n) is 10.7. The van der Waals surface area contributed by atoms with Crippen LogP contribution in [0.4, 0.5) is 4.39 Å². The second-order valence-corrected chi connectivity index (χ2v) is 5.57. The third kappa shape index (κ3) is 2.71. The summed E-state index contributed by atoms with van der Waals surface area (Å²) in [4.78, 5) is 11.6. The number of rotatable bonds is 3. The van der Waals surface area contributed by atoms with Crippen molar-refractivity contribution in [3.05, 3.63) is 35.6 Å². The van der Waals surface area contributed by atoms with Gasteiger partial charge in [0.05, 0.1) is 5.41 Å². The molecule has 0 unspecified atom stereocenters. The topological polar surface area (TPSA) is 37.3 Å². The number of benzene rings is 1. The lowest BCUT2D eigenvalue weighted by Gasteiger charge is -2.36. The molecule has 1 aliphatic carbocycles. The molecule has 1 N–H and O–H groups in total. The standard InChI is InChI=1S/C15H19FO2/c1-11-6-8-15(9-7-11,14(17)18)10-12-2-4-13(16)5-3-12/h2-5,11H,6-10H2,1H3,(H,17,18). The van der Waals surface area contributed by atoms with E-state index in [9.17, 15) is 14.3 Å². The maximum Gasteiger partial charge on any atom is 0.309 e. The van der Waals surface area contributed by atoms with Crippen LogP contribution in [-0.2, 0) is 11.2 Å². The van der Waals surface area contributed by atoms with Crippen molar-refractivity contribution in [2.75, 3.05) is 0 Å². The van der Waals surface area contributed by atoms with E-state index in [0.29, 0.717) is 12.3 Å². The molecule has 0 bridgehead atoms. The molecule has 0 saturated heterocycles. The zero-order valence-corrected chi connectivity index (χ0v) is 10.7. The van der Waals surface area contributed by atoms with E-state index in [1.165, 1.54) is 12.1 Å². The summed E-state index contributed by atoms with van der Waals surface area (Å²) in [5.41, 5.74) is 0.262. The van der Waals surface area contributed by atoms with Crippen LogP contribution in [0.15, 0.2) is 24.3 Å². The first kappa shape index (κ1) is 13.1. The highest BCUT2D eigenvalue weighted by atomic mass is 19.1. The Morgan fingerprint density at radius 2 is 1.89 bits per heavy atom. The highest BCUT2D eigenvalue weighted by molar-refractivity contribution is 5.75. The van der Waals surface area contributed by atoms with Crippen LogP contribution in [-0.4, -0.2) is 11.1 Å². The van der Waals surface area contributed by atoms with E-state index in [4.69, 9.17) is 0 Å². The van der Waals surface area contributed by atoms with Crippen LogP contribution >= 0.6 is 0 Å². The average Bonchev–Trinajstić information content (AvgIpc) is 2.35. The first-order chi connectivity index (χ1) is 8.52. The zero-order chi connectivity index (χ0) is 13.2. The summed E-state index contributed by atoms with van der Waals surface area (Å²) in [5.74, 6) is -0.371. The summed E-state index contributed by atoms with van der Waals surface area (Å²) in [7, 11) is 0. The lowest BCUT2D eigenvalue weighted by molar-refractivity contribution is -0.151. The summed E-state index contributed by atoms with van der Waals surface area (Å²) < 4.78 is 12.9. The lowest BCUT2D eigenvalue weighted by Crippen LogP contribution is -2.37. The minimum atomic E-state index is -0.710. The van der Waals surface area contributed by atoms with E-state index >= 15 is 0 Å². The van der Waals surface area contributed by atoms with Gasteiger partial charge in [-0.05, 0) is 55.7 Å². The van der Waals surface area contributed by atoms with E-state index in [0.717, 1.165) is 31.2 Å². The van der Waals surface area contributed by atoms with Crippen molar-refractivity contribution < 1.29 is 14.3 Å². The minimum Gasteiger partial charge on any atom is -0.481 e. The predicted molar refractivity (Wildman–Crippen MR) is 67.8 cm³/mol. The molecule has 2 nitrogen and oxygen atoms in total. The van der Waals surface area contributed by atoms with Gasteiger partial charge in [0, 0.05) is 0 Å². The monoisotopic (exact) mass is 250 g/mol. The normalized spacial score (nSPS) is 28.0. The molecular weight excluding hydrogens is 231 g/mol. The average molecular weight is 250 g/mol. The van der Waals surface area contributed by atoms with Crippen molar-refractivity contribution in [2.45, 2.75) is 39.0 Å². The largest absolute Gasteiger partial charge is 0.481 e. The highest BCUT2D eigenvalue weighted by Gasteiger charge is 2.41. The fraction of sp³-hybridized carbons (Fsp3) is 0.533. The van der Waals surface area contributed by atoms with Crippen molar-refractivity contribution >= 4 is 5.97 Å². The van der Waals surface area contributed by atoms with Crippen LogP contribution < -0.4 is 0 Å². The lowest BCUT2D eigenvalue weighted by atomic mass is 9.68. The fourth-order valence-corrected chi connectivity index (χ4v) is 2.77. The molecule has 0 heterocycles. The summed E-state index contributed by atoms with van der Waals surface area (Å²) in [5, 5.41) is 9.52. The van der Waals surface area contributed by atoms with Crippen molar-refractivity contribution in [1.29, 1.82) is 0 Å². The number of aliphatic carboxylic acids is 1. The molecule has 3 heteroatoms. The van der Waals surface area contributed by atoms with Crippen molar-refractivity contribution in [3.63, 3.8) is 0 Å². The minimum absolute atomic E-state index is 0.277. The number of hydrogen-bond donors (Lipinski definition) is 1. The quantitative estimate of drug-likeness (QED) is 0.889. The van der Waals surface area contributed by atoms with Crippen LogP contribution in [0.2, 0.25) is 0 Å². The summed E-state index contributed by atoms with van der Waals surface area (Å²) in [6, 6.07) is 6.18. The van der Waals surface area contributed by atoms with E-state index in [-0.39, 0.29) is 5.82 Å². The van der Waals surface area contributed by atoms with Gasteiger partial charge in [-0.3, -0.25) is 4.79 Å². The van der Waals surface area contributed by atoms with Crippen molar-refractivity contribution in [3.8, 4) is 0 Å². The van der Waals surface area contributed by atoms with Crippen LogP contribution in [0.25, 0.3) is 0 Å². The van der Waals surface area contributed by atoms with Crippen LogP contribution in [0.1, 0.15) is 38.2 Å².